The lowest BCUT2D eigenvalue weighted by molar-refractivity contribution is 0.0981. The third-order valence-corrected chi connectivity index (χ3v) is 5.67. The van der Waals surface area contributed by atoms with Gasteiger partial charge in [0.2, 0.25) is 0 Å². The molecule has 1 fully saturated rings. The number of ether oxygens (including phenoxy) is 1. The van der Waals surface area contributed by atoms with E-state index in [2.05, 4.69) is 25.6 Å². The van der Waals surface area contributed by atoms with Crippen LogP contribution in [0.5, 0.6) is 5.75 Å². The Morgan fingerprint density at radius 1 is 1.34 bits per heavy atom. The van der Waals surface area contributed by atoms with Crippen molar-refractivity contribution in [1.29, 1.82) is 0 Å². The molecule has 1 aromatic carbocycles. The van der Waals surface area contributed by atoms with Gasteiger partial charge in [0, 0.05) is 23.7 Å². The summed E-state index contributed by atoms with van der Waals surface area (Å²) in [6, 6.07) is 6.91. The normalized spacial score (nSPS) is 21.9. The number of hydrogen-bond donors (Lipinski definition) is 4. The summed E-state index contributed by atoms with van der Waals surface area (Å²) in [5.41, 5.74) is 1.83. The summed E-state index contributed by atoms with van der Waals surface area (Å²) in [7, 11) is -3.82. The van der Waals surface area contributed by atoms with Crippen molar-refractivity contribution in [2.75, 3.05) is 10.0 Å². The molecular formula is C18H23N5O5S. The predicted octanol–water partition coefficient (Wildman–Crippen LogP) is 2.97. The van der Waals surface area contributed by atoms with E-state index in [1.54, 1.807) is 18.2 Å². The molecule has 1 aromatic heterocycles. The summed E-state index contributed by atoms with van der Waals surface area (Å²) in [5.74, 6) is 1.00. The zero-order chi connectivity index (χ0) is 20.6. The Hall–Kier alpha value is -2.95. The van der Waals surface area contributed by atoms with Crippen LogP contribution in [0.15, 0.2) is 24.3 Å². The zero-order valence-electron chi connectivity index (χ0n) is 16.1. The van der Waals surface area contributed by atoms with Crippen LogP contribution in [0.25, 0.3) is 0 Å². The monoisotopic (exact) mass is 421 g/mol. The second-order valence-electron chi connectivity index (χ2n) is 7.49. The molecule has 2 aliphatic rings. The van der Waals surface area contributed by atoms with E-state index < -0.39 is 10.3 Å². The molecule has 4 rings (SSSR count). The first-order valence-electron chi connectivity index (χ1n) is 9.44. The fourth-order valence-corrected chi connectivity index (χ4v) is 4.45. The number of aromatic nitrogens is 2. The van der Waals surface area contributed by atoms with Gasteiger partial charge >= 0.3 is 16.4 Å². The van der Waals surface area contributed by atoms with Crippen molar-refractivity contribution in [3.63, 3.8) is 0 Å². The van der Waals surface area contributed by atoms with Gasteiger partial charge in [0.1, 0.15) is 11.8 Å². The molecule has 11 heteroatoms. The van der Waals surface area contributed by atoms with E-state index >= 15 is 0 Å². The van der Waals surface area contributed by atoms with Crippen molar-refractivity contribution in [3.05, 3.63) is 30.0 Å². The number of nitrogens with one attached hydrogen (secondary N) is 4. The first-order valence-corrected chi connectivity index (χ1v) is 10.8. The van der Waals surface area contributed by atoms with E-state index in [1.165, 1.54) is 0 Å². The Labute approximate surface area is 168 Å². The van der Waals surface area contributed by atoms with Crippen molar-refractivity contribution in [1.82, 2.24) is 15.5 Å². The predicted molar refractivity (Wildman–Crippen MR) is 107 cm³/mol. The minimum atomic E-state index is -3.82. The second kappa shape index (κ2) is 7.47. The maximum atomic E-state index is 11.8. The SMILES string of the molecule is CC(C)NC(=O)O[C@@H]1CC[C@H](c2cc(Nc3cccc4c3NS(=O)(=O)O4)n[nH]2)C1. The number of benzene rings is 1. The number of hydrogen-bond acceptors (Lipinski definition) is 7. The molecule has 4 N–H and O–H groups in total. The molecule has 2 heterocycles. The van der Waals surface area contributed by atoms with Crippen LogP contribution in [-0.2, 0) is 15.0 Å². The van der Waals surface area contributed by atoms with Crippen molar-refractivity contribution < 1.29 is 22.1 Å². The van der Waals surface area contributed by atoms with Gasteiger partial charge in [-0.1, -0.05) is 6.07 Å². The van der Waals surface area contributed by atoms with Crippen molar-refractivity contribution in [2.45, 2.75) is 51.2 Å². The van der Waals surface area contributed by atoms with Gasteiger partial charge in [-0.25, -0.2) is 9.52 Å². The van der Waals surface area contributed by atoms with Crippen molar-refractivity contribution >= 4 is 33.6 Å². The molecule has 0 bridgehead atoms. The topological polar surface area (TPSA) is 134 Å². The van der Waals surface area contributed by atoms with Crippen LogP contribution < -0.4 is 19.5 Å². The summed E-state index contributed by atoms with van der Waals surface area (Å²) in [4.78, 5) is 11.8. The van der Waals surface area contributed by atoms with Crippen molar-refractivity contribution in [2.24, 2.45) is 0 Å². The number of aromatic amines is 1. The number of carbonyl (C=O) groups is 1. The average Bonchev–Trinajstić information content (AvgIpc) is 3.32. The van der Waals surface area contributed by atoms with Gasteiger partial charge in [0.05, 0.1) is 5.69 Å². The highest BCUT2D eigenvalue weighted by atomic mass is 32.2. The molecule has 1 aliphatic carbocycles. The van der Waals surface area contributed by atoms with Gasteiger partial charge in [-0.3, -0.25) is 5.10 Å². The first kappa shape index (κ1) is 19.4. The molecule has 2 atom stereocenters. The first-order chi connectivity index (χ1) is 13.8. The van der Waals surface area contributed by atoms with Gasteiger partial charge in [0.15, 0.2) is 11.6 Å². The van der Waals surface area contributed by atoms with Crippen LogP contribution in [0, 0.1) is 0 Å². The highest BCUT2D eigenvalue weighted by molar-refractivity contribution is 7.88. The molecule has 0 radical (unpaired) electrons. The second-order valence-corrected chi connectivity index (χ2v) is 8.77. The van der Waals surface area contributed by atoms with Crippen LogP contribution in [0.3, 0.4) is 0 Å². The van der Waals surface area contributed by atoms with E-state index in [4.69, 9.17) is 8.92 Å². The Bertz CT molecular complexity index is 1020. The fourth-order valence-electron chi connectivity index (χ4n) is 3.57. The molecule has 1 aliphatic heterocycles. The fraction of sp³-hybridized carbons (Fsp3) is 0.444. The Morgan fingerprint density at radius 2 is 2.17 bits per heavy atom. The summed E-state index contributed by atoms with van der Waals surface area (Å²) >= 11 is 0. The van der Waals surface area contributed by atoms with E-state index in [-0.39, 0.29) is 29.9 Å². The number of para-hydroxylation sites is 1. The number of rotatable bonds is 5. The van der Waals surface area contributed by atoms with Gasteiger partial charge < -0.3 is 19.6 Å². The highest BCUT2D eigenvalue weighted by Gasteiger charge is 2.31. The van der Waals surface area contributed by atoms with Gasteiger partial charge in [-0.05, 0) is 45.2 Å². The molecular weight excluding hydrogens is 398 g/mol. The summed E-state index contributed by atoms with van der Waals surface area (Å²) in [5, 5.41) is 13.1. The van der Waals surface area contributed by atoms with Crippen LogP contribution in [0.1, 0.15) is 44.7 Å². The average molecular weight is 421 g/mol. The third kappa shape index (κ3) is 4.39. The lowest BCUT2D eigenvalue weighted by Crippen LogP contribution is -2.33. The number of carbonyl (C=O) groups excluding carboxylic acids is 1. The minimum Gasteiger partial charge on any atom is -0.446 e. The molecule has 10 nitrogen and oxygen atoms in total. The molecule has 0 unspecified atom stereocenters. The minimum absolute atomic E-state index is 0.0373. The molecule has 1 amide bonds. The standard InChI is InChI=1S/C18H23N5O5S/c1-10(2)19-18(24)27-12-7-6-11(8-12)14-9-16(22-21-14)20-13-4-3-5-15-17(13)23-29(25,26)28-15/h3-5,9-12,23H,6-8H2,1-2H3,(H,19,24)(H2,20,21,22)/t11-,12+/m0/s1. The summed E-state index contributed by atoms with van der Waals surface area (Å²) in [6.07, 6.45) is 1.89. The van der Waals surface area contributed by atoms with Gasteiger partial charge in [0.25, 0.3) is 0 Å². The Kier molecular flexibility index (Phi) is 4.99. The Morgan fingerprint density at radius 3 is 2.97 bits per heavy atom. The number of alkyl carbamates (subject to hydrolysis) is 1. The van der Waals surface area contributed by atoms with Crippen LogP contribution in [0.2, 0.25) is 0 Å². The molecule has 2 aromatic rings. The highest BCUT2D eigenvalue weighted by Crippen LogP contribution is 2.40. The Balaban J connectivity index is 1.39. The van der Waals surface area contributed by atoms with E-state index in [9.17, 15) is 13.2 Å². The van der Waals surface area contributed by atoms with E-state index in [0.717, 1.165) is 25.0 Å². The van der Waals surface area contributed by atoms with E-state index in [1.807, 2.05) is 19.9 Å². The van der Waals surface area contributed by atoms with Gasteiger partial charge in [-0.15, -0.1) is 0 Å². The van der Waals surface area contributed by atoms with Crippen LogP contribution >= 0.6 is 0 Å². The molecule has 0 spiro atoms. The number of fused-ring (bicyclic) bond motifs is 1. The maximum Gasteiger partial charge on any atom is 0.407 e. The number of amides is 1. The molecule has 156 valence electrons. The van der Waals surface area contributed by atoms with Crippen LogP contribution in [0.4, 0.5) is 22.0 Å². The largest absolute Gasteiger partial charge is 0.446 e. The maximum absolute atomic E-state index is 11.8. The molecule has 0 saturated heterocycles. The smallest absolute Gasteiger partial charge is 0.407 e. The third-order valence-electron chi connectivity index (χ3n) is 4.82. The lowest BCUT2D eigenvalue weighted by Gasteiger charge is -2.14. The molecule has 1 saturated carbocycles. The summed E-state index contributed by atoms with van der Waals surface area (Å²) < 4.78 is 35.9. The van der Waals surface area contributed by atoms with Crippen molar-refractivity contribution in [3.8, 4) is 5.75 Å². The zero-order valence-corrected chi connectivity index (χ0v) is 16.9. The van der Waals surface area contributed by atoms with E-state index in [0.29, 0.717) is 17.2 Å². The summed E-state index contributed by atoms with van der Waals surface area (Å²) in [6.45, 7) is 3.77. The number of anilines is 3. The van der Waals surface area contributed by atoms with Crippen LogP contribution in [-0.4, -0.2) is 36.9 Å². The van der Waals surface area contributed by atoms with Gasteiger partial charge in [-0.2, -0.15) is 13.5 Å². The number of H-pyrrole nitrogens is 1. The molecule has 29 heavy (non-hydrogen) atoms. The lowest BCUT2D eigenvalue weighted by atomic mass is 10.0. The number of nitrogens with zero attached hydrogens (tertiary/aromatic N) is 1. The quantitative estimate of drug-likeness (QED) is 0.583.